The van der Waals surface area contributed by atoms with Crippen molar-refractivity contribution in [2.75, 3.05) is 5.32 Å². The fourth-order valence-corrected chi connectivity index (χ4v) is 1.46. The monoisotopic (exact) mass is 264 g/mol. The third-order valence-corrected chi connectivity index (χ3v) is 2.26. The topological polar surface area (TPSA) is 122 Å². The highest BCUT2D eigenvalue weighted by Crippen LogP contribution is 2.27. The maximum atomic E-state index is 12.7. The summed E-state index contributed by atoms with van der Waals surface area (Å²) in [6.45, 7) is 0. The molecule has 0 aliphatic rings. The first-order valence-electron chi connectivity index (χ1n) is 5.10. The van der Waals surface area contributed by atoms with Gasteiger partial charge in [-0.1, -0.05) is 0 Å². The van der Waals surface area contributed by atoms with Gasteiger partial charge in [-0.25, -0.2) is 4.39 Å². The number of hydrogen-bond acceptors (Lipinski definition) is 6. The average molecular weight is 264 g/mol. The summed E-state index contributed by atoms with van der Waals surface area (Å²) in [4.78, 5) is 10.3. The molecule has 4 N–H and O–H groups in total. The van der Waals surface area contributed by atoms with Crippen LogP contribution >= 0.6 is 0 Å². The lowest BCUT2D eigenvalue weighted by molar-refractivity contribution is -0.384. The highest BCUT2D eigenvalue weighted by Gasteiger charge is 2.23. The van der Waals surface area contributed by atoms with E-state index in [1.165, 1.54) is 24.3 Å². The van der Waals surface area contributed by atoms with E-state index in [2.05, 4.69) is 20.6 Å². The van der Waals surface area contributed by atoms with Gasteiger partial charge in [0.1, 0.15) is 5.82 Å². The Morgan fingerprint density at radius 2 is 2.16 bits per heavy atom. The predicted molar refractivity (Wildman–Crippen MR) is 66.7 cm³/mol. The van der Waals surface area contributed by atoms with Crippen LogP contribution in [0.2, 0.25) is 0 Å². The lowest BCUT2D eigenvalue weighted by atomic mass is 10.3. The summed E-state index contributed by atoms with van der Waals surface area (Å²) in [6, 6.07) is 5.32. The molecule has 8 nitrogen and oxygen atoms in total. The lowest BCUT2D eigenvalue weighted by Crippen LogP contribution is -1.98. The van der Waals surface area contributed by atoms with Gasteiger partial charge in [0.05, 0.1) is 11.1 Å². The van der Waals surface area contributed by atoms with Crippen molar-refractivity contribution < 1.29 is 9.31 Å². The minimum absolute atomic E-state index is 0.00786. The van der Waals surface area contributed by atoms with Gasteiger partial charge in [0, 0.05) is 5.69 Å². The number of nitro groups is 1. The fraction of sp³-hybridized carbons (Fsp3) is 0. The van der Waals surface area contributed by atoms with Crippen LogP contribution in [-0.2, 0) is 0 Å². The molecule has 0 saturated carbocycles. The second kappa shape index (κ2) is 5.12. The van der Waals surface area contributed by atoms with Crippen LogP contribution in [-0.4, -0.2) is 21.3 Å². The number of nitrogens with two attached hydrogens (primary N) is 1. The molecule has 98 valence electrons. The molecule has 1 aromatic heterocycles. The summed E-state index contributed by atoms with van der Waals surface area (Å²) in [5.41, 5.74) is 0.239. The molecule has 0 bridgehead atoms. The average Bonchev–Trinajstić information content (AvgIpc) is 2.76. The van der Waals surface area contributed by atoms with Crippen molar-refractivity contribution >= 4 is 23.4 Å². The molecule has 19 heavy (non-hydrogen) atoms. The van der Waals surface area contributed by atoms with E-state index in [9.17, 15) is 14.5 Å². The van der Waals surface area contributed by atoms with Crippen LogP contribution in [0.5, 0.6) is 0 Å². The molecule has 0 spiro atoms. The maximum Gasteiger partial charge on any atom is 0.339 e. The molecule has 1 heterocycles. The molecule has 0 atom stereocenters. The molecule has 0 saturated heterocycles. The van der Waals surface area contributed by atoms with E-state index in [-0.39, 0.29) is 17.2 Å². The van der Waals surface area contributed by atoms with Crippen LogP contribution in [0.4, 0.5) is 21.6 Å². The normalized spacial score (nSPS) is 10.8. The highest BCUT2D eigenvalue weighted by molar-refractivity contribution is 5.87. The number of nitrogens with zero attached hydrogens (tertiary/aromatic N) is 3. The van der Waals surface area contributed by atoms with Crippen molar-refractivity contribution in [1.82, 2.24) is 10.2 Å². The number of benzene rings is 1. The van der Waals surface area contributed by atoms with Gasteiger partial charge >= 0.3 is 5.69 Å². The summed E-state index contributed by atoms with van der Waals surface area (Å²) in [6.07, 6.45) is 1.08. The van der Waals surface area contributed by atoms with E-state index >= 15 is 0 Å². The van der Waals surface area contributed by atoms with E-state index in [0.29, 0.717) is 5.69 Å². The van der Waals surface area contributed by atoms with Crippen molar-refractivity contribution in [1.29, 1.82) is 0 Å². The Balaban J connectivity index is 2.34. The number of aromatic nitrogens is 2. The van der Waals surface area contributed by atoms with E-state index < -0.39 is 10.7 Å². The minimum atomic E-state index is -0.619. The Bertz CT molecular complexity index is 621. The number of halogens is 1. The van der Waals surface area contributed by atoms with Gasteiger partial charge in [0.2, 0.25) is 5.82 Å². The first-order valence-corrected chi connectivity index (χ1v) is 5.10. The van der Waals surface area contributed by atoms with Crippen molar-refractivity contribution in [3.8, 4) is 0 Å². The molecular formula is C10H9FN6O2. The first kappa shape index (κ1) is 12.5. The van der Waals surface area contributed by atoms with Crippen LogP contribution < -0.4 is 11.2 Å². The number of rotatable bonds is 4. The molecule has 0 amide bonds. The van der Waals surface area contributed by atoms with Crippen molar-refractivity contribution in [3.63, 3.8) is 0 Å². The smallest absolute Gasteiger partial charge is 0.333 e. The second-order valence-electron chi connectivity index (χ2n) is 3.50. The number of hydrogen-bond donors (Lipinski definition) is 3. The van der Waals surface area contributed by atoms with Crippen molar-refractivity contribution in [2.24, 2.45) is 10.9 Å². The number of H-pyrrole nitrogens is 1. The fourth-order valence-electron chi connectivity index (χ4n) is 1.46. The molecule has 1 aromatic carbocycles. The Hall–Kier alpha value is -2.97. The largest absolute Gasteiger partial charge is 0.339 e. The summed E-state index contributed by atoms with van der Waals surface area (Å²) in [5.74, 6) is 4.53. The SMILES string of the molecule is N/N=C\c1[nH]nc(Nc2ccc(F)cc2)c1[N+](=O)[O-]. The molecule has 0 unspecified atom stereocenters. The van der Waals surface area contributed by atoms with Gasteiger partial charge in [0.15, 0.2) is 5.69 Å². The van der Waals surface area contributed by atoms with E-state index in [1.807, 2.05) is 0 Å². The number of aromatic amines is 1. The van der Waals surface area contributed by atoms with E-state index in [1.54, 1.807) is 0 Å². The van der Waals surface area contributed by atoms with Crippen LogP contribution in [0.1, 0.15) is 5.69 Å². The number of anilines is 2. The summed E-state index contributed by atoms with van der Waals surface area (Å²) in [7, 11) is 0. The van der Waals surface area contributed by atoms with Gasteiger partial charge in [0.25, 0.3) is 0 Å². The first-order chi connectivity index (χ1) is 9.11. The Labute approximate surface area is 106 Å². The van der Waals surface area contributed by atoms with Crippen LogP contribution in [0.25, 0.3) is 0 Å². The van der Waals surface area contributed by atoms with Crippen LogP contribution in [0.3, 0.4) is 0 Å². The number of nitrogens with one attached hydrogen (secondary N) is 2. The van der Waals surface area contributed by atoms with Gasteiger partial charge in [-0.2, -0.15) is 5.10 Å². The minimum Gasteiger partial charge on any atom is -0.333 e. The van der Waals surface area contributed by atoms with E-state index in [4.69, 9.17) is 5.84 Å². The molecule has 0 aliphatic heterocycles. The van der Waals surface area contributed by atoms with Gasteiger partial charge in [-0.05, 0) is 24.3 Å². The quantitative estimate of drug-likeness (QED) is 0.334. The molecule has 0 radical (unpaired) electrons. The Morgan fingerprint density at radius 3 is 2.74 bits per heavy atom. The zero-order valence-corrected chi connectivity index (χ0v) is 9.50. The van der Waals surface area contributed by atoms with Crippen molar-refractivity contribution in [3.05, 3.63) is 45.9 Å². The Kier molecular flexibility index (Phi) is 3.37. The maximum absolute atomic E-state index is 12.7. The van der Waals surface area contributed by atoms with Gasteiger partial charge < -0.3 is 11.2 Å². The van der Waals surface area contributed by atoms with Gasteiger partial charge in [-0.3, -0.25) is 15.2 Å². The zero-order chi connectivity index (χ0) is 13.8. The van der Waals surface area contributed by atoms with Crippen molar-refractivity contribution in [2.45, 2.75) is 0 Å². The Morgan fingerprint density at radius 1 is 1.47 bits per heavy atom. The van der Waals surface area contributed by atoms with Crippen LogP contribution in [0, 0.1) is 15.9 Å². The molecular weight excluding hydrogens is 255 g/mol. The third-order valence-electron chi connectivity index (χ3n) is 2.26. The van der Waals surface area contributed by atoms with Gasteiger partial charge in [-0.15, -0.1) is 5.10 Å². The highest BCUT2D eigenvalue weighted by atomic mass is 19.1. The molecule has 0 fully saturated rings. The van der Waals surface area contributed by atoms with E-state index in [0.717, 1.165) is 6.21 Å². The summed E-state index contributed by atoms with van der Waals surface area (Å²) < 4.78 is 12.7. The molecule has 0 aliphatic carbocycles. The standard InChI is InChI=1S/C10H9FN6O2/c11-6-1-3-7(4-2-6)14-10-9(17(18)19)8(5-13-12)15-16-10/h1-5H,12H2,(H2,14,15,16)/b13-5-. The third kappa shape index (κ3) is 2.65. The van der Waals surface area contributed by atoms with Crippen LogP contribution in [0.15, 0.2) is 29.4 Å². The molecule has 2 aromatic rings. The zero-order valence-electron chi connectivity index (χ0n) is 9.50. The summed E-state index contributed by atoms with van der Waals surface area (Å²) >= 11 is 0. The predicted octanol–water partition coefficient (Wildman–Crippen LogP) is 1.49. The lowest BCUT2D eigenvalue weighted by Gasteiger charge is -2.01. The number of hydrazone groups is 1. The second-order valence-corrected chi connectivity index (χ2v) is 3.50. The summed E-state index contributed by atoms with van der Waals surface area (Å²) in [5, 5.41) is 23.1. The molecule has 9 heteroatoms. The molecule has 2 rings (SSSR count).